The van der Waals surface area contributed by atoms with Crippen LogP contribution in [0.3, 0.4) is 0 Å². The molecule has 21 heavy (non-hydrogen) atoms. The van der Waals surface area contributed by atoms with Crippen LogP contribution in [0.2, 0.25) is 0 Å². The highest BCUT2D eigenvalue weighted by atomic mass is 16.5. The number of carbonyl (C=O) groups is 2. The summed E-state index contributed by atoms with van der Waals surface area (Å²) >= 11 is 0. The molecule has 0 saturated carbocycles. The summed E-state index contributed by atoms with van der Waals surface area (Å²) in [6.45, 7) is 4.78. The summed E-state index contributed by atoms with van der Waals surface area (Å²) in [5.41, 5.74) is 0. The van der Waals surface area contributed by atoms with E-state index in [2.05, 4.69) is 9.55 Å². The summed E-state index contributed by atoms with van der Waals surface area (Å²) in [6, 6.07) is 0. The van der Waals surface area contributed by atoms with Crippen molar-refractivity contribution in [1.29, 1.82) is 0 Å². The highest BCUT2D eigenvalue weighted by Gasteiger charge is 2.20. The van der Waals surface area contributed by atoms with Gasteiger partial charge in [0, 0.05) is 52.2 Å². The maximum Gasteiger partial charge on any atom is 0.290 e. The molecule has 7 heteroatoms. The maximum absolute atomic E-state index is 12.0. The van der Waals surface area contributed by atoms with E-state index in [0.717, 1.165) is 38.5 Å². The van der Waals surface area contributed by atoms with E-state index in [1.165, 1.54) is 0 Å². The van der Waals surface area contributed by atoms with Crippen LogP contribution in [-0.2, 0) is 20.9 Å². The Balaban J connectivity index is 0.000000677. The second kappa shape index (κ2) is 9.12. The number of carbonyl (C=O) groups excluding carboxylic acids is 1. The Morgan fingerprint density at radius 1 is 1.67 bits per heavy atom. The number of hydrogen-bond acceptors (Lipinski definition) is 4. The Morgan fingerprint density at radius 3 is 2.90 bits per heavy atom. The largest absolute Gasteiger partial charge is 0.483 e. The molecule has 2 rings (SSSR count). The van der Waals surface area contributed by atoms with E-state index >= 15 is 0 Å². The Kier molecular flexibility index (Phi) is 7.45. The number of nitrogens with zero attached hydrogens (tertiary/aromatic N) is 3. The van der Waals surface area contributed by atoms with Crippen molar-refractivity contribution in [3.05, 3.63) is 18.2 Å². The average Bonchev–Trinajstić information content (AvgIpc) is 3.09. The fraction of sp³-hybridized carbons (Fsp3) is 0.643. The van der Waals surface area contributed by atoms with Gasteiger partial charge in [0.2, 0.25) is 5.91 Å². The molecule has 118 valence electrons. The van der Waals surface area contributed by atoms with Crippen LogP contribution >= 0.6 is 0 Å². The summed E-state index contributed by atoms with van der Waals surface area (Å²) in [4.78, 5) is 26.3. The number of hydrogen-bond donors (Lipinski definition) is 1. The van der Waals surface area contributed by atoms with Crippen LogP contribution in [-0.4, -0.2) is 58.7 Å². The highest BCUT2D eigenvalue weighted by Crippen LogP contribution is 2.17. The number of aromatic nitrogens is 2. The van der Waals surface area contributed by atoms with Gasteiger partial charge >= 0.3 is 0 Å². The molecule has 0 radical (unpaired) electrons. The lowest BCUT2D eigenvalue weighted by molar-refractivity contribution is -0.131. The van der Waals surface area contributed by atoms with Gasteiger partial charge in [0.05, 0.1) is 0 Å². The number of carboxylic acid groups (broad SMARTS) is 1. The first kappa shape index (κ1) is 17.2. The van der Waals surface area contributed by atoms with Gasteiger partial charge in [-0.05, 0) is 19.3 Å². The van der Waals surface area contributed by atoms with E-state index < -0.39 is 0 Å². The number of amides is 1. The summed E-state index contributed by atoms with van der Waals surface area (Å²) in [7, 11) is 1.87. The third kappa shape index (κ3) is 5.95. The molecule has 1 saturated heterocycles. The first-order valence-corrected chi connectivity index (χ1v) is 6.95. The van der Waals surface area contributed by atoms with Crippen molar-refractivity contribution in [2.45, 2.75) is 26.3 Å². The van der Waals surface area contributed by atoms with Crippen molar-refractivity contribution in [2.75, 3.05) is 26.8 Å². The number of ether oxygens (including phenoxy) is 1. The van der Waals surface area contributed by atoms with Crippen LogP contribution in [0.5, 0.6) is 0 Å². The molecule has 1 N–H and O–H groups in total. The summed E-state index contributed by atoms with van der Waals surface area (Å²) in [5.74, 6) is 1.61. The number of aryl methyl sites for hydroxylation is 1. The van der Waals surface area contributed by atoms with Crippen molar-refractivity contribution in [3.63, 3.8) is 0 Å². The molecule has 1 fully saturated rings. The molecule has 0 aliphatic carbocycles. The van der Waals surface area contributed by atoms with E-state index in [4.69, 9.17) is 14.6 Å². The van der Waals surface area contributed by atoms with Gasteiger partial charge in [-0.1, -0.05) is 0 Å². The fourth-order valence-electron chi connectivity index (χ4n) is 2.17. The van der Waals surface area contributed by atoms with Crippen molar-refractivity contribution in [1.82, 2.24) is 14.5 Å². The molecule has 1 aliphatic rings. The van der Waals surface area contributed by atoms with Crippen LogP contribution in [0.25, 0.3) is 0 Å². The standard InChI is InChI=1S/C13H21N3O2.CH2O2/c1-11-14-4-5-16(11)7-6-15(2)13(17)9-12-3-8-18-10-12;2-1-3/h4-5,12H,3,6-10H2,1-2H3;1H,(H,2,3). The Labute approximate surface area is 124 Å². The molecule has 1 unspecified atom stereocenters. The topological polar surface area (TPSA) is 84.7 Å². The molecule has 7 nitrogen and oxygen atoms in total. The lowest BCUT2D eigenvalue weighted by Gasteiger charge is -2.19. The summed E-state index contributed by atoms with van der Waals surface area (Å²) < 4.78 is 7.35. The summed E-state index contributed by atoms with van der Waals surface area (Å²) in [6.07, 6.45) is 5.35. The molecule has 1 aromatic rings. The maximum atomic E-state index is 12.0. The van der Waals surface area contributed by atoms with Crippen LogP contribution < -0.4 is 0 Å². The van der Waals surface area contributed by atoms with E-state index in [0.29, 0.717) is 12.3 Å². The highest BCUT2D eigenvalue weighted by molar-refractivity contribution is 5.76. The lowest BCUT2D eigenvalue weighted by Crippen LogP contribution is -2.31. The molecule has 1 aliphatic heterocycles. The zero-order chi connectivity index (χ0) is 15.7. The van der Waals surface area contributed by atoms with Crippen molar-refractivity contribution in [2.24, 2.45) is 5.92 Å². The minimum Gasteiger partial charge on any atom is -0.483 e. The van der Waals surface area contributed by atoms with E-state index in [1.54, 1.807) is 11.1 Å². The molecule has 0 spiro atoms. The second-order valence-electron chi connectivity index (χ2n) is 5.02. The average molecular weight is 297 g/mol. The Morgan fingerprint density at radius 2 is 2.38 bits per heavy atom. The molecular formula is C14H23N3O4. The molecule has 1 atom stereocenters. The van der Waals surface area contributed by atoms with Gasteiger partial charge in [0.25, 0.3) is 6.47 Å². The quantitative estimate of drug-likeness (QED) is 0.812. The Bertz CT molecular complexity index is 441. The van der Waals surface area contributed by atoms with Gasteiger partial charge in [0.15, 0.2) is 0 Å². The monoisotopic (exact) mass is 297 g/mol. The predicted molar refractivity (Wildman–Crippen MR) is 76.8 cm³/mol. The molecule has 0 bridgehead atoms. The van der Waals surface area contributed by atoms with Crippen LogP contribution in [0.1, 0.15) is 18.7 Å². The first-order valence-electron chi connectivity index (χ1n) is 6.95. The molecule has 2 heterocycles. The van der Waals surface area contributed by atoms with Crippen LogP contribution in [0.15, 0.2) is 12.4 Å². The zero-order valence-corrected chi connectivity index (χ0v) is 12.6. The smallest absolute Gasteiger partial charge is 0.290 e. The third-order valence-corrected chi connectivity index (χ3v) is 3.51. The Hall–Kier alpha value is -1.89. The van der Waals surface area contributed by atoms with Crippen LogP contribution in [0, 0.1) is 12.8 Å². The number of rotatable bonds is 5. The van der Waals surface area contributed by atoms with Crippen molar-refractivity contribution < 1.29 is 19.4 Å². The van der Waals surface area contributed by atoms with Gasteiger partial charge in [-0.2, -0.15) is 0 Å². The van der Waals surface area contributed by atoms with Gasteiger partial charge in [0.1, 0.15) is 5.82 Å². The molecule has 1 amide bonds. The summed E-state index contributed by atoms with van der Waals surface area (Å²) in [5, 5.41) is 6.89. The van der Waals surface area contributed by atoms with Gasteiger partial charge in [-0.25, -0.2) is 4.98 Å². The molecule has 0 aromatic carbocycles. The van der Waals surface area contributed by atoms with E-state index in [9.17, 15) is 4.79 Å². The normalized spacial score (nSPS) is 17.0. The van der Waals surface area contributed by atoms with Crippen molar-refractivity contribution in [3.8, 4) is 0 Å². The number of imidazole rings is 1. The number of likely N-dealkylation sites (N-methyl/N-ethyl adjacent to an activating group) is 1. The minimum atomic E-state index is -0.250. The predicted octanol–water partition coefficient (Wildman–Crippen LogP) is 0.777. The SMILES string of the molecule is Cc1nccn1CCN(C)C(=O)CC1CCOC1.O=CO. The third-order valence-electron chi connectivity index (χ3n) is 3.51. The second-order valence-corrected chi connectivity index (χ2v) is 5.02. The van der Waals surface area contributed by atoms with Gasteiger partial charge < -0.3 is 19.3 Å². The fourth-order valence-corrected chi connectivity index (χ4v) is 2.17. The minimum absolute atomic E-state index is 0.211. The zero-order valence-electron chi connectivity index (χ0n) is 12.6. The molecule has 1 aromatic heterocycles. The first-order chi connectivity index (χ1) is 10.1. The van der Waals surface area contributed by atoms with E-state index in [1.807, 2.05) is 20.2 Å². The van der Waals surface area contributed by atoms with Gasteiger partial charge in [-0.3, -0.25) is 9.59 Å². The molecular weight excluding hydrogens is 274 g/mol. The van der Waals surface area contributed by atoms with E-state index in [-0.39, 0.29) is 12.4 Å². The van der Waals surface area contributed by atoms with Gasteiger partial charge in [-0.15, -0.1) is 0 Å². The van der Waals surface area contributed by atoms with Crippen LogP contribution in [0.4, 0.5) is 0 Å². The van der Waals surface area contributed by atoms with Crippen molar-refractivity contribution >= 4 is 12.4 Å². The lowest BCUT2D eigenvalue weighted by atomic mass is 10.0.